The molecule has 0 bridgehead atoms. The van der Waals surface area contributed by atoms with Crippen LogP contribution in [0.2, 0.25) is 0 Å². The molecule has 1 heterocycles. The minimum Gasteiger partial charge on any atom is -0.332 e. The first-order valence-electron chi connectivity index (χ1n) is 11.3. The molecule has 8 heteroatoms. The second-order valence-corrected chi connectivity index (χ2v) is 8.49. The zero-order valence-corrected chi connectivity index (χ0v) is 19.7. The van der Waals surface area contributed by atoms with Crippen molar-refractivity contribution in [2.24, 2.45) is 0 Å². The van der Waals surface area contributed by atoms with E-state index >= 15 is 0 Å². The Kier molecular flexibility index (Phi) is 7.32. The van der Waals surface area contributed by atoms with Gasteiger partial charge in [-0.2, -0.15) is 5.10 Å². The predicted molar refractivity (Wildman–Crippen MR) is 135 cm³/mol. The molecular weight excluding hydrogens is 442 g/mol. The van der Waals surface area contributed by atoms with Crippen molar-refractivity contribution in [3.8, 4) is 16.9 Å². The number of likely N-dealkylation sites (N-methyl/N-ethyl adjacent to an activating group) is 1. The summed E-state index contributed by atoms with van der Waals surface area (Å²) in [5.41, 5.74) is 3.23. The maximum Gasteiger partial charge on any atom is 0.272 e. The van der Waals surface area contributed by atoms with Crippen molar-refractivity contribution in [3.05, 3.63) is 112 Å². The number of benzene rings is 3. The van der Waals surface area contributed by atoms with Crippen molar-refractivity contribution in [1.82, 2.24) is 19.6 Å². The molecule has 8 nitrogen and oxygen atoms in total. The van der Waals surface area contributed by atoms with Gasteiger partial charge in [0.2, 0.25) is 0 Å². The maximum atomic E-state index is 13.9. The second-order valence-electron chi connectivity index (χ2n) is 8.49. The van der Waals surface area contributed by atoms with Crippen LogP contribution in [0.15, 0.2) is 91.0 Å². The van der Waals surface area contributed by atoms with Crippen molar-refractivity contribution in [3.63, 3.8) is 0 Å². The molecule has 0 saturated carbocycles. The summed E-state index contributed by atoms with van der Waals surface area (Å²) in [7, 11) is 3.93. The lowest BCUT2D eigenvalue weighted by molar-refractivity contribution is -0.384. The van der Waals surface area contributed by atoms with Crippen molar-refractivity contribution >= 4 is 11.6 Å². The number of carbonyl (C=O) groups excluding carboxylic acids is 1. The van der Waals surface area contributed by atoms with Crippen LogP contribution in [0.4, 0.5) is 5.69 Å². The molecule has 35 heavy (non-hydrogen) atoms. The Labute approximate surface area is 204 Å². The molecule has 0 radical (unpaired) electrons. The fraction of sp³-hybridized carbons (Fsp3) is 0.185. The third-order valence-electron chi connectivity index (χ3n) is 5.60. The lowest BCUT2D eigenvalue weighted by Crippen LogP contribution is -2.37. The Balaban J connectivity index is 1.79. The van der Waals surface area contributed by atoms with Crippen LogP contribution < -0.4 is 0 Å². The molecule has 0 fully saturated rings. The highest BCUT2D eigenvalue weighted by atomic mass is 16.6. The van der Waals surface area contributed by atoms with Crippen LogP contribution in [0.5, 0.6) is 0 Å². The maximum absolute atomic E-state index is 13.9. The summed E-state index contributed by atoms with van der Waals surface area (Å²) in [6, 6.07) is 27.3. The number of aromatic nitrogens is 2. The Morgan fingerprint density at radius 1 is 0.914 bits per heavy atom. The summed E-state index contributed by atoms with van der Waals surface area (Å²) in [6.45, 7) is 1.64. The van der Waals surface area contributed by atoms with Gasteiger partial charge in [-0.05, 0) is 31.8 Å². The van der Waals surface area contributed by atoms with E-state index in [4.69, 9.17) is 5.10 Å². The van der Waals surface area contributed by atoms with E-state index in [1.807, 2.05) is 79.7 Å². The van der Waals surface area contributed by atoms with Gasteiger partial charge < -0.3 is 9.80 Å². The van der Waals surface area contributed by atoms with E-state index in [1.165, 1.54) is 16.8 Å². The van der Waals surface area contributed by atoms with E-state index in [0.717, 1.165) is 11.1 Å². The van der Waals surface area contributed by atoms with E-state index in [-0.39, 0.29) is 11.6 Å². The lowest BCUT2D eigenvalue weighted by Gasteiger charge is -2.25. The van der Waals surface area contributed by atoms with Crippen LogP contribution >= 0.6 is 0 Å². The summed E-state index contributed by atoms with van der Waals surface area (Å²) in [4.78, 5) is 28.7. The SMILES string of the molecule is CN(C)CCN(Cc1ccccc1)C(=O)c1cc(-c2ccccc2)nn1-c1cccc([N+](=O)[O-])c1. The number of nitrogens with zero attached hydrogens (tertiary/aromatic N) is 5. The fourth-order valence-corrected chi connectivity index (χ4v) is 3.76. The highest BCUT2D eigenvalue weighted by Gasteiger charge is 2.24. The zero-order chi connectivity index (χ0) is 24.8. The van der Waals surface area contributed by atoms with Crippen molar-refractivity contribution in [2.75, 3.05) is 27.2 Å². The van der Waals surface area contributed by atoms with E-state index < -0.39 is 4.92 Å². The molecule has 0 aliphatic carbocycles. The minimum absolute atomic E-state index is 0.0635. The third-order valence-corrected chi connectivity index (χ3v) is 5.60. The number of amides is 1. The molecule has 178 valence electrons. The molecule has 1 amide bonds. The largest absolute Gasteiger partial charge is 0.332 e. The van der Waals surface area contributed by atoms with Gasteiger partial charge >= 0.3 is 0 Å². The molecule has 0 atom stereocenters. The molecule has 0 saturated heterocycles. The van der Waals surface area contributed by atoms with Crippen LogP contribution in [0.3, 0.4) is 0 Å². The van der Waals surface area contributed by atoms with Gasteiger partial charge in [0.25, 0.3) is 11.6 Å². The van der Waals surface area contributed by atoms with Crippen LogP contribution in [-0.4, -0.2) is 57.6 Å². The molecule has 4 aromatic rings. The Morgan fingerprint density at radius 2 is 1.60 bits per heavy atom. The smallest absolute Gasteiger partial charge is 0.272 e. The average molecular weight is 470 g/mol. The summed E-state index contributed by atoms with van der Waals surface area (Å²) >= 11 is 0. The fourth-order valence-electron chi connectivity index (χ4n) is 3.76. The summed E-state index contributed by atoms with van der Waals surface area (Å²) in [5.74, 6) is -0.197. The number of hydrogen-bond acceptors (Lipinski definition) is 5. The minimum atomic E-state index is -0.453. The van der Waals surface area contributed by atoms with Crippen LogP contribution in [-0.2, 0) is 6.54 Å². The predicted octanol–water partition coefficient (Wildman–Crippen LogP) is 4.65. The van der Waals surface area contributed by atoms with Gasteiger partial charge in [-0.3, -0.25) is 14.9 Å². The average Bonchev–Trinajstić information content (AvgIpc) is 3.33. The molecule has 4 rings (SSSR count). The Morgan fingerprint density at radius 3 is 2.26 bits per heavy atom. The third kappa shape index (κ3) is 5.80. The summed E-state index contributed by atoms with van der Waals surface area (Å²) in [5, 5.41) is 16.1. The van der Waals surface area contributed by atoms with E-state index in [0.29, 0.717) is 36.7 Å². The van der Waals surface area contributed by atoms with E-state index in [2.05, 4.69) is 0 Å². The van der Waals surface area contributed by atoms with Crippen molar-refractivity contribution in [1.29, 1.82) is 0 Å². The standard InChI is InChI=1S/C27H27N5O3/c1-29(2)16-17-30(20-21-10-5-3-6-11-21)27(33)26-19-25(22-12-7-4-8-13-22)28-31(26)23-14-9-15-24(18-23)32(34)35/h3-15,18-19H,16-17,20H2,1-2H3. The number of nitro benzene ring substituents is 1. The van der Waals surface area contributed by atoms with Gasteiger partial charge in [0.05, 0.1) is 16.3 Å². The van der Waals surface area contributed by atoms with Crippen LogP contribution in [0, 0.1) is 10.1 Å². The molecule has 0 spiro atoms. The quantitative estimate of drug-likeness (QED) is 0.263. The van der Waals surface area contributed by atoms with Gasteiger partial charge in [-0.25, -0.2) is 4.68 Å². The van der Waals surface area contributed by atoms with Gasteiger partial charge in [0.1, 0.15) is 5.69 Å². The number of carbonyl (C=O) groups is 1. The molecular formula is C27H27N5O3. The van der Waals surface area contributed by atoms with Crippen LogP contribution in [0.25, 0.3) is 16.9 Å². The first kappa shape index (κ1) is 23.8. The lowest BCUT2D eigenvalue weighted by atomic mass is 10.1. The highest BCUT2D eigenvalue weighted by molar-refractivity contribution is 5.94. The van der Waals surface area contributed by atoms with Gasteiger partial charge in [0, 0.05) is 37.3 Å². The van der Waals surface area contributed by atoms with Crippen molar-refractivity contribution < 1.29 is 9.72 Å². The molecule has 0 aliphatic heterocycles. The number of non-ortho nitro benzene ring substituents is 1. The summed E-state index contributed by atoms with van der Waals surface area (Å²) < 4.78 is 1.51. The molecule has 3 aromatic carbocycles. The van der Waals surface area contributed by atoms with Crippen molar-refractivity contribution in [2.45, 2.75) is 6.54 Å². The van der Waals surface area contributed by atoms with Gasteiger partial charge in [-0.1, -0.05) is 66.7 Å². The van der Waals surface area contributed by atoms with Gasteiger partial charge in [-0.15, -0.1) is 0 Å². The zero-order valence-electron chi connectivity index (χ0n) is 19.7. The molecule has 0 unspecified atom stereocenters. The second kappa shape index (κ2) is 10.8. The monoisotopic (exact) mass is 469 g/mol. The Hall–Kier alpha value is -4.30. The number of nitro groups is 1. The molecule has 0 N–H and O–H groups in total. The number of hydrogen-bond donors (Lipinski definition) is 0. The first-order chi connectivity index (χ1) is 16.9. The number of rotatable bonds is 9. The molecule has 1 aromatic heterocycles. The first-order valence-corrected chi connectivity index (χ1v) is 11.3. The normalized spacial score (nSPS) is 10.9. The highest BCUT2D eigenvalue weighted by Crippen LogP contribution is 2.25. The van der Waals surface area contributed by atoms with Crippen LogP contribution in [0.1, 0.15) is 16.1 Å². The topological polar surface area (TPSA) is 84.5 Å². The Bertz CT molecular complexity index is 1300. The van der Waals surface area contributed by atoms with E-state index in [9.17, 15) is 14.9 Å². The van der Waals surface area contributed by atoms with E-state index in [1.54, 1.807) is 23.1 Å². The summed E-state index contributed by atoms with van der Waals surface area (Å²) in [6.07, 6.45) is 0. The molecule has 0 aliphatic rings. The van der Waals surface area contributed by atoms with Gasteiger partial charge in [0.15, 0.2) is 0 Å².